The fourth-order valence-corrected chi connectivity index (χ4v) is 2.84. The second kappa shape index (κ2) is 6.21. The molecule has 0 aliphatic rings. The lowest BCUT2D eigenvalue weighted by Gasteiger charge is -1.99. The number of benzene rings is 1. The summed E-state index contributed by atoms with van der Waals surface area (Å²) in [4.78, 5) is 12.5. The average molecular weight is 334 g/mol. The number of nitrogen functional groups attached to an aromatic ring is 1. The third-order valence-electron chi connectivity index (χ3n) is 2.99. The van der Waals surface area contributed by atoms with Gasteiger partial charge in [0.15, 0.2) is 5.76 Å². The molecule has 22 heavy (non-hydrogen) atoms. The van der Waals surface area contributed by atoms with E-state index in [4.69, 9.17) is 21.9 Å². The highest BCUT2D eigenvalue weighted by molar-refractivity contribution is 7.17. The minimum Gasteiger partial charge on any atom is -0.399 e. The number of nitrogens with two attached hydrogens (primary N) is 1. The summed E-state index contributed by atoms with van der Waals surface area (Å²) in [6.07, 6.45) is 0. The summed E-state index contributed by atoms with van der Waals surface area (Å²) < 4.78 is 5.80. The Morgan fingerprint density at radius 1 is 1.27 bits per heavy atom. The van der Waals surface area contributed by atoms with E-state index >= 15 is 0 Å². The number of hydrogen-bond acceptors (Lipinski definition) is 5. The molecule has 2 heterocycles. The largest absolute Gasteiger partial charge is 0.399 e. The standard InChI is InChI=1S/C15H12ClN3O2S/c16-14-6-5-13(22-14)15(20)18-8-11-7-12(19-21-11)9-1-3-10(17)4-2-9/h1-7H,8,17H2,(H,18,20). The van der Waals surface area contributed by atoms with Crippen LogP contribution in [0.1, 0.15) is 15.4 Å². The van der Waals surface area contributed by atoms with Gasteiger partial charge in [0, 0.05) is 17.3 Å². The number of hydrogen-bond donors (Lipinski definition) is 2. The summed E-state index contributed by atoms with van der Waals surface area (Å²) >= 11 is 7.03. The van der Waals surface area contributed by atoms with Crippen LogP contribution in [0.3, 0.4) is 0 Å². The topological polar surface area (TPSA) is 81.1 Å². The van der Waals surface area contributed by atoms with Crippen molar-refractivity contribution >= 4 is 34.5 Å². The normalized spacial score (nSPS) is 10.6. The van der Waals surface area contributed by atoms with Crippen molar-refractivity contribution in [3.8, 4) is 11.3 Å². The molecule has 0 unspecified atom stereocenters. The van der Waals surface area contributed by atoms with Crippen molar-refractivity contribution in [2.75, 3.05) is 5.73 Å². The predicted molar refractivity (Wildman–Crippen MR) is 86.9 cm³/mol. The zero-order chi connectivity index (χ0) is 15.5. The molecule has 0 bridgehead atoms. The predicted octanol–water partition coefficient (Wildman–Crippen LogP) is 3.57. The zero-order valence-electron chi connectivity index (χ0n) is 11.4. The van der Waals surface area contributed by atoms with Crippen LogP contribution < -0.4 is 11.1 Å². The first-order valence-electron chi connectivity index (χ1n) is 6.47. The first-order valence-corrected chi connectivity index (χ1v) is 7.66. The third kappa shape index (κ3) is 3.29. The molecule has 0 spiro atoms. The molecular formula is C15H12ClN3O2S. The van der Waals surface area contributed by atoms with E-state index in [1.165, 1.54) is 11.3 Å². The molecule has 2 aromatic heterocycles. The lowest BCUT2D eigenvalue weighted by atomic mass is 10.1. The fourth-order valence-electron chi connectivity index (χ4n) is 1.88. The van der Waals surface area contributed by atoms with Gasteiger partial charge in [0.05, 0.1) is 15.8 Å². The van der Waals surface area contributed by atoms with E-state index in [0.29, 0.717) is 26.4 Å². The molecule has 0 atom stereocenters. The van der Waals surface area contributed by atoms with E-state index < -0.39 is 0 Å². The summed E-state index contributed by atoms with van der Waals surface area (Å²) in [5.74, 6) is 0.380. The van der Waals surface area contributed by atoms with Gasteiger partial charge < -0.3 is 15.6 Å². The number of thiophene rings is 1. The molecule has 0 aliphatic heterocycles. The Morgan fingerprint density at radius 3 is 2.73 bits per heavy atom. The van der Waals surface area contributed by atoms with Crippen molar-refractivity contribution in [3.63, 3.8) is 0 Å². The number of anilines is 1. The zero-order valence-corrected chi connectivity index (χ0v) is 12.9. The van der Waals surface area contributed by atoms with Crippen LogP contribution in [-0.2, 0) is 6.54 Å². The number of nitrogens with one attached hydrogen (secondary N) is 1. The van der Waals surface area contributed by atoms with E-state index in [0.717, 1.165) is 5.56 Å². The molecule has 1 aromatic carbocycles. The van der Waals surface area contributed by atoms with E-state index in [1.807, 2.05) is 12.1 Å². The van der Waals surface area contributed by atoms with E-state index in [9.17, 15) is 4.79 Å². The maximum absolute atomic E-state index is 11.9. The van der Waals surface area contributed by atoms with E-state index in [2.05, 4.69) is 10.5 Å². The van der Waals surface area contributed by atoms with Crippen molar-refractivity contribution < 1.29 is 9.32 Å². The summed E-state index contributed by atoms with van der Waals surface area (Å²) in [6.45, 7) is 0.260. The highest BCUT2D eigenvalue weighted by atomic mass is 35.5. The van der Waals surface area contributed by atoms with Gasteiger partial charge in [-0.1, -0.05) is 28.9 Å². The van der Waals surface area contributed by atoms with Gasteiger partial charge in [-0.3, -0.25) is 4.79 Å². The molecule has 3 aromatic rings. The molecule has 112 valence electrons. The molecular weight excluding hydrogens is 322 g/mol. The second-order valence-corrected chi connectivity index (χ2v) is 6.30. The number of carbonyl (C=O) groups is 1. The fraction of sp³-hybridized carbons (Fsp3) is 0.0667. The third-order valence-corrected chi connectivity index (χ3v) is 4.22. The maximum atomic E-state index is 11.9. The minimum absolute atomic E-state index is 0.192. The van der Waals surface area contributed by atoms with Crippen molar-refractivity contribution in [2.24, 2.45) is 0 Å². The smallest absolute Gasteiger partial charge is 0.261 e. The summed E-state index contributed by atoms with van der Waals surface area (Å²) in [6, 6.07) is 12.5. The van der Waals surface area contributed by atoms with Crippen molar-refractivity contribution in [3.05, 3.63) is 57.4 Å². The van der Waals surface area contributed by atoms with Gasteiger partial charge in [-0.15, -0.1) is 11.3 Å². The first kappa shape index (κ1) is 14.6. The number of halogens is 1. The van der Waals surface area contributed by atoms with Crippen LogP contribution in [0.2, 0.25) is 4.34 Å². The molecule has 0 fully saturated rings. The van der Waals surface area contributed by atoms with E-state index in [-0.39, 0.29) is 12.5 Å². The Balaban J connectivity index is 1.64. The molecule has 0 saturated carbocycles. The van der Waals surface area contributed by atoms with Gasteiger partial charge in [0.2, 0.25) is 0 Å². The Bertz CT molecular complexity index is 795. The summed E-state index contributed by atoms with van der Waals surface area (Å²) in [5, 5.41) is 6.75. The van der Waals surface area contributed by atoms with Crippen LogP contribution in [0.4, 0.5) is 5.69 Å². The summed E-state index contributed by atoms with van der Waals surface area (Å²) in [5.41, 5.74) is 7.94. The van der Waals surface area contributed by atoms with Gasteiger partial charge in [0.1, 0.15) is 5.69 Å². The van der Waals surface area contributed by atoms with Gasteiger partial charge in [0.25, 0.3) is 5.91 Å². The molecule has 1 amide bonds. The van der Waals surface area contributed by atoms with Crippen LogP contribution in [0, 0.1) is 0 Å². The van der Waals surface area contributed by atoms with Gasteiger partial charge in [-0.05, 0) is 24.3 Å². The molecule has 0 radical (unpaired) electrons. The van der Waals surface area contributed by atoms with Crippen molar-refractivity contribution in [1.82, 2.24) is 10.5 Å². The van der Waals surface area contributed by atoms with Gasteiger partial charge in [-0.2, -0.15) is 0 Å². The summed E-state index contributed by atoms with van der Waals surface area (Å²) in [7, 11) is 0. The van der Waals surface area contributed by atoms with Crippen molar-refractivity contribution in [2.45, 2.75) is 6.54 Å². The first-order chi connectivity index (χ1) is 10.6. The van der Waals surface area contributed by atoms with Gasteiger partial charge in [-0.25, -0.2) is 0 Å². The molecule has 7 heteroatoms. The quantitative estimate of drug-likeness (QED) is 0.715. The van der Waals surface area contributed by atoms with Crippen LogP contribution in [0.15, 0.2) is 47.0 Å². The minimum atomic E-state index is -0.192. The Labute approximate surface area is 135 Å². The Hall–Kier alpha value is -2.31. The van der Waals surface area contributed by atoms with Crippen LogP contribution in [0.25, 0.3) is 11.3 Å². The average Bonchev–Trinajstić information content (AvgIpc) is 3.15. The number of amides is 1. The molecule has 3 N–H and O–H groups in total. The second-order valence-electron chi connectivity index (χ2n) is 4.59. The maximum Gasteiger partial charge on any atom is 0.261 e. The lowest BCUT2D eigenvalue weighted by Crippen LogP contribution is -2.21. The van der Waals surface area contributed by atoms with E-state index in [1.54, 1.807) is 30.3 Å². The molecule has 3 rings (SSSR count). The lowest BCUT2D eigenvalue weighted by molar-refractivity contribution is 0.0951. The molecule has 5 nitrogen and oxygen atoms in total. The monoisotopic (exact) mass is 333 g/mol. The molecule has 0 aliphatic carbocycles. The number of aromatic nitrogens is 1. The number of nitrogens with zero attached hydrogens (tertiary/aromatic N) is 1. The number of rotatable bonds is 4. The van der Waals surface area contributed by atoms with Crippen LogP contribution >= 0.6 is 22.9 Å². The van der Waals surface area contributed by atoms with Crippen LogP contribution in [-0.4, -0.2) is 11.1 Å². The van der Waals surface area contributed by atoms with Crippen LogP contribution in [0.5, 0.6) is 0 Å². The molecule has 0 saturated heterocycles. The SMILES string of the molecule is Nc1ccc(-c2cc(CNC(=O)c3ccc(Cl)s3)on2)cc1. The highest BCUT2D eigenvalue weighted by Crippen LogP contribution is 2.22. The Morgan fingerprint density at radius 2 is 2.05 bits per heavy atom. The van der Waals surface area contributed by atoms with Gasteiger partial charge >= 0.3 is 0 Å². The Kier molecular flexibility index (Phi) is 4.13. The van der Waals surface area contributed by atoms with Crippen molar-refractivity contribution in [1.29, 1.82) is 0 Å². The highest BCUT2D eigenvalue weighted by Gasteiger charge is 2.11. The number of carbonyl (C=O) groups excluding carboxylic acids is 1.